The first kappa shape index (κ1) is 15.4. The molecule has 2 rings (SSSR count). The van der Waals surface area contributed by atoms with Crippen LogP contribution in [0.2, 0.25) is 0 Å². The average Bonchev–Trinajstić information content (AvgIpc) is 2.64. The molecule has 0 saturated heterocycles. The SMILES string of the molecule is CCS(=O)(=O)c1ccccc1NC1CCCC(C)CC1. The summed E-state index contributed by atoms with van der Waals surface area (Å²) in [4.78, 5) is 0.444. The van der Waals surface area contributed by atoms with Crippen LogP contribution in [0.1, 0.15) is 46.0 Å². The molecule has 4 heteroatoms. The molecule has 1 aliphatic rings. The van der Waals surface area contributed by atoms with Crippen LogP contribution in [0.4, 0.5) is 5.69 Å². The highest BCUT2D eigenvalue weighted by Crippen LogP contribution is 2.28. The second-order valence-electron chi connectivity index (χ2n) is 5.85. The standard InChI is InChI=1S/C16H25NO2S/c1-3-20(18,19)16-10-5-4-9-15(16)17-14-8-6-7-13(2)11-12-14/h4-5,9-10,13-14,17H,3,6-8,11-12H2,1-2H3. The summed E-state index contributed by atoms with van der Waals surface area (Å²) in [6, 6.07) is 7.68. The van der Waals surface area contributed by atoms with Crippen LogP contribution >= 0.6 is 0 Å². The summed E-state index contributed by atoms with van der Waals surface area (Å²) in [6.07, 6.45) is 5.99. The van der Waals surface area contributed by atoms with E-state index in [9.17, 15) is 8.42 Å². The van der Waals surface area contributed by atoms with E-state index in [-0.39, 0.29) is 5.75 Å². The van der Waals surface area contributed by atoms with Crippen molar-refractivity contribution in [3.8, 4) is 0 Å². The number of anilines is 1. The molecular formula is C16H25NO2S. The monoisotopic (exact) mass is 295 g/mol. The van der Waals surface area contributed by atoms with E-state index < -0.39 is 9.84 Å². The Morgan fingerprint density at radius 1 is 1.15 bits per heavy atom. The average molecular weight is 295 g/mol. The predicted molar refractivity (Wildman–Crippen MR) is 83.8 cm³/mol. The molecule has 2 atom stereocenters. The summed E-state index contributed by atoms with van der Waals surface area (Å²) < 4.78 is 24.3. The molecule has 1 fully saturated rings. The lowest BCUT2D eigenvalue weighted by Gasteiger charge is -2.20. The van der Waals surface area contributed by atoms with Crippen LogP contribution in [0.25, 0.3) is 0 Å². The van der Waals surface area contributed by atoms with Crippen molar-refractivity contribution in [1.82, 2.24) is 0 Å². The fourth-order valence-corrected chi connectivity index (χ4v) is 3.92. The molecule has 1 aromatic carbocycles. The van der Waals surface area contributed by atoms with Gasteiger partial charge in [-0.15, -0.1) is 0 Å². The van der Waals surface area contributed by atoms with Gasteiger partial charge in [-0.05, 0) is 37.3 Å². The van der Waals surface area contributed by atoms with Crippen molar-refractivity contribution >= 4 is 15.5 Å². The Bertz CT molecular complexity index is 539. The Labute approximate surface area is 122 Å². The van der Waals surface area contributed by atoms with Crippen molar-refractivity contribution in [2.45, 2.75) is 56.9 Å². The van der Waals surface area contributed by atoms with Gasteiger partial charge in [-0.3, -0.25) is 0 Å². The Morgan fingerprint density at radius 3 is 2.65 bits per heavy atom. The maximum atomic E-state index is 12.1. The maximum absolute atomic E-state index is 12.1. The molecular weight excluding hydrogens is 270 g/mol. The fourth-order valence-electron chi connectivity index (χ4n) is 2.86. The Hall–Kier alpha value is -1.03. The van der Waals surface area contributed by atoms with Crippen molar-refractivity contribution in [3.63, 3.8) is 0 Å². The smallest absolute Gasteiger partial charge is 0.180 e. The minimum atomic E-state index is -3.16. The maximum Gasteiger partial charge on any atom is 0.180 e. The van der Waals surface area contributed by atoms with E-state index in [4.69, 9.17) is 0 Å². The van der Waals surface area contributed by atoms with Crippen LogP contribution in [0.3, 0.4) is 0 Å². The van der Waals surface area contributed by atoms with E-state index in [2.05, 4.69) is 12.2 Å². The van der Waals surface area contributed by atoms with E-state index in [0.29, 0.717) is 10.9 Å². The van der Waals surface area contributed by atoms with Gasteiger partial charge in [0.25, 0.3) is 0 Å². The van der Waals surface area contributed by atoms with E-state index in [1.165, 1.54) is 19.3 Å². The van der Waals surface area contributed by atoms with Crippen molar-refractivity contribution in [1.29, 1.82) is 0 Å². The predicted octanol–water partition coefficient (Wildman–Crippen LogP) is 3.86. The molecule has 3 nitrogen and oxygen atoms in total. The van der Waals surface area contributed by atoms with Crippen LogP contribution in [0.15, 0.2) is 29.2 Å². The number of hydrogen-bond acceptors (Lipinski definition) is 3. The quantitative estimate of drug-likeness (QED) is 0.858. The van der Waals surface area contributed by atoms with E-state index in [1.54, 1.807) is 19.1 Å². The second kappa shape index (κ2) is 6.61. The van der Waals surface area contributed by atoms with Crippen molar-refractivity contribution in [3.05, 3.63) is 24.3 Å². The van der Waals surface area contributed by atoms with Crippen LogP contribution in [-0.4, -0.2) is 20.2 Å². The highest BCUT2D eigenvalue weighted by atomic mass is 32.2. The minimum Gasteiger partial charge on any atom is -0.381 e. The van der Waals surface area contributed by atoms with Crippen molar-refractivity contribution in [2.24, 2.45) is 5.92 Å². The molecule has 1 saturated carbocycles. The third-order valence-electron chi connectivity index (χ3n) is 4.22. The Kier molecular flexibility index (Phi) is 5.08. The van der Waals surface area contributed by atoms with Crippen molar-refractivity contribution < 1.29 is 8.42 Å². The summed E-state index contributed by atoms with van der Waals surface area (Å²) >= 11 is 0. The largest absolute Gasteiger partial charge is 0.381 e. The van der Waals surface area contributed by atoms with Gasteiger partial charge in [0, 0.05) is 6.04 Å². The second-order valence-corrected chi connectivity index (χ2v) is 8.10. The summed E-state index contributed by atoms with van der Waals surface area (Å²) in [5, 5.41) is 3.47. The first-order valence-corrected chi connectivity index (χ1v) is 9.26. The Morgan fingerprint density at radius 2 is 1.90 bits per heavy atom. The number of nitrogens with one attached hydrogen (secondary N) is 1. The number of para-hydroxylation sites is 1. The fraction of sp³-hybridized carbons (Fsp3) is 0.625. The highest BCUT2D eigenvalue weighted by Gasteiger charge is 2.20. The molecule has 0 bridgehead atoms. The van der Waals surface area contributed by atoms with Gasteiger partial charge in [0.15, 0.2) is 9.84 Å². The van der Waals surface area contributed by atoms with Gasteiger partial charge in [0.2, 0.25) is 0 Å². The van der Waals surface area contributed by atoms with E-state index in [0.717, 1.165) is 24.4 Å². The normalized spacial score (nSPS) is 24.1. The van der Waals surface area contributed by atoms with Crippen LogP contribution in [0, 0.1) is 5.92 Å². The molecule has 2 unspecified atom stereocenters. The number of rotatable bonds is 4. The topological polar surface area (TPSA) is 46.2 Å². The molecule has 1 aromatic rings. The molecule has 0 heterocycles. The van der Waals surface area contributed by atoms with Gasteiger partial charge in [0.1, 0.15) is 0 Å². The zero-order valence-electron chi connectivity index (χ0n) is 12.4. The molecule has 0 aromatic heterocycles. The first-order chi connectivity index (χ1) is 9.53. The highest BCUT2D eigenvalue weighted by molar-refractivity contribution is 7.91. The number of hydrogen-bond donors (Lipinski definition) is 1. The summed E-state index contributed by atoms with van der Waals surface area (Å²) in [6.45, 7) is 4.00. The summed E-state index contributed by atoms with van der Waals surface area (Å²) in [7, 11) is -3.16. The van der Waals surface area contributed by atoms with Gasteiger partial charge < -0.3 is 5.32 Å². The zero-order valence-corrected chi connectivity index (χ0v) is 13.2. The molecule has 1 aliphatic carbocycles. The lowest BCUT2D eigenvalue weighted by molar-refractivity contribution is 0.502. The van der Waals surface area contributed by atoms with Gasteiger partial charge in [-0.2, -0.15) is 0 Å². The summed E-state index contributed by atoms with van der Waals surface area (Å²) in [5.41, 5.74) is 0.772. The molecule has 0 amide bonds. The van der Waals surface area contributed by atoms with E-state index in [1.807, 2.05) is 12.1 Å². The molecule has 0 aliphatic heterocycles. The lowest BCUT2D eigenvalue weighted by Crippen LogP contribution is -2.20. The van der Waals surface area contributed by atoms with Crippen molar-refractivity contribution in [2.75, 3.05) is 11.1 Å². The van der Waals surface area contributed by atoms with Gasteiger partial charge in [0.05, 0.1) is 16.3 Å². The molecule has 1 N–H and O–H groups in total. The lowest BCUT2D eigenvalue weighted by atomic mass is 10.0. The third kappa shape index (κ3) is 3.75. The number of sulfone groups is 1. The van der Waals surface area contributed by atoms with Gasteiger partial charge in [-0.1, -0.05) is 38.8 Å². The molecule has 112 valence electrons. The molecule has 0 spiro atoms. The van der Waals surface area contributed by atoms with Crippen LogP contribution in [0.5, 0.6) is 0 Å². The molecule has 0 radical (unpaired) electrons. The van der Waals surface area contributed by atoms with Crippen LogP contribution < -0.4 is 5.32 Å². The Balaban J connectivity index is 2.17. The van der Waals surface area contributed by atoms with Gasteiger partial charge in [-0.25, -0.2) is 8.42 Å². The van der Waals surface area contributed by atoms with Gasteiger partial charge >= 0.3 is 0 Å². The summed E-state index contributed by atoms with van der Waals surface area (Å²) in [5.74, 6) is 0.935. The molecule has 20 heavy (non-hydrogen) atoms. The zero-order chi connectivity index (χ0) is 14.6. The number of benzene rings is 1. The third-order valence-corrected chi connectivity index (χ3v) is 6.01. The first-order valence-electron chi connectivity index (χ1n) is 7.61. The minimum absolute atomic E-state index is 0.146. The van der Waals surface area contributed by atoms with Crippen LogP contribution in [-0.2, 0) is 9.84 Å². The van der Waals surface area contributed by atoms with E-state index >= 15 is 0 Å².